The number of rotatable bonds is 0. The standard InChI is InChI=1S/C3H4BrN3/c1-7-2-3(4)5-6-7/h2H,1H3/i2D. The van der Waals surface area contributed by atoms with E-state index in [0.29, 0.717) is 10.8 Å². The molecule has 1 aromatic heterocycles. The second kappa shape index (κ2) is 1.61. The van der Waals surface area contributed by atoms with E-state index in [-0.39, 0.29) is 0 Å². The molecule has 1 aromatic rings. The van der Waals surface area contributed by atoms with Crippen LogP contribution < -0.4 is 0 Å². The summed E-state index contributed by atoms with van der Waals surface area (Å²) in [5, 5.41) is 7.11. The summed E-state index contributed by atoms with van der Waals surface area (Å²) in [7, 11) is 1.67. The van der Waals surface area contributed by atoms with E-state index < -0.39 is 0 Å². The first-order chi connectivity index (χ1) is 3.72. The van der Waals surface area contributed by atoms with Crippen LogP contribution in [0, 0.1) is 0 Å². The Morgan fingerprint density at radius 2 is 2.86 bits per heavy atom. The van der Waals surface area contributed by atoms with Crippen molar-refractivity contribution in [2.24, 2.45) is 7.05 Å². The molecular formula is C3H4BrN3. The maximum absolute atomic E-state index is 7.12. The van der Waals surface area contributed by atoms with E-state index in [1.54, 1.807) is 7.05 Å². The fourth-order valence-electron chi connectivity index (χ4n) is 0.285. The van der Waals surface area contributed by atoms with Crippen LogP contribution >= 0.6 is 15.9 Å². The molecule has 0 aliphatic carbocycles. The maximum atomic E-state index is 7.12. The molecule has 7 heavy (non-hydrogen) atoms. The first-order valence-electron chi connectivity index (χ1n) is 2.23. The normalized spacial score (nSPS) is 11.4. The molecule has 38 valence electrons. The Kier molecular flexibility index (Phi) is 0.830. The average Bonchev–Trinajstić information content (AvgIpc) is 1.98. The molecule has 0 saturated carbocycles. The smallest absolute Gasteiger partial charge is 0.148 e. The topological polar surface area (TPSA) is 30.7 Å². The molecule has 0 N–H and O–H groups in total. The van der Waals surface area contributed by atoms with Gasteiger partial charge in [0.15, 0.2) is 0 Å². The summed E-state index contributed by atoms with van der Waals surface area (Å²) < 4.78 is 8.98. The van der Waals surface area contributed by atoms with E-state index in [2.05, 4.69) is 26.2 Å². The second-order valence-electron chi connectivity index (χ2n) is 1.12. The van der Waals surface area contributed by atoms with Crippen LogP contribution in [0.5, 0.6) is 0 Å². The minimum Gasteiger partial charge on any atom is -0.254 e. The lowest BCUT2D eigenvalue weighted by Gasteiger charge is -1.74. The Labute approximate surface area is 50.9 Å². The van der Waals surface area contributed by atoms with Crippen molar-refractivity contribution >= 4 is 15.9 Å². The van der Waals surface area contributed by atoms with E-state index in [0.717, 1.165) is 0 Å². The van der Waals surface area contributed by atoms with E-state index in [9.17, 15) is 0 Å². The van der Waals surface area contributed by atoms with Gasteiger partial charge in [-0.3, -0.25) is 4.68 Å². The first-order valence-corrected chi connectivity index (χ1v) is 2.53. The lowest BCUT2D eigenvalue weighted by Crippen LogP contribution is -1.85. The highest BCUT2D eigenvalue weighted by molar-refractivity contribution is 9.10. The molecule has 0 spiro atoms. The number of hydrogen-bond acceptors (Lipinski definition) is 2. The fourth-order valence-corrected chi connectivity index (χ4v) is 0.612. The molecule has 1 heterocycles. The van der Waals surface area contributed by atoms with Gasteiger partial charge in [0.2, 0.25) is 0 Å². The van der Waals surface area contributed by atoms with Gasteiger partial charge in [0, 0.05) is 7.05 Å². The predicted octanol–water partition coefficient (Wildman–Crippen LogP) is 0.578. The van der Waals surface area contributed by atoms with Crippen LogP contribution in [0.15, 0.2) is 10.8 Å². The maximum Gasteiger partial charge on any atom is 0.148 e. The van der Waals surface area contributed by atoms with Crippen molar-refractivity contribution in [3.8, 4) is 0 Å². The van der Waals surface area contributed by atoms with Crippen LogP contribution in [0.1, 0.15) is 1.37 Å². The molecule has 0 bridgehead atoms. The van der Waals surface area contributed by atoms with Crippen LogP contribution in [0.3, 0.4) is 0 Å². The molecule has 0 amide bonds. The van der Waals surface area contributed by atoms with Gasteiger partial charge in [-0.15, -0.1) is 5.10 Å². The lowest BCUT2D eigenvalue weighted by molar-refractivity contribution is 0.714. The second-order valence-corrected chi connectivity index (χ2v) is 1.87. The summed E-state index contributed by atoms with van der Waals surface area (Å²) in [6.45, 7) is 0. The number of halogens is 1. The highest BCUT2D eigenvalue weighted by atomic mass is 79.9. The SMILES string of the molecule is [2H]c1c(Br)nnn1C. The lowest BCUT2D eigenvalue weighted by atomic mass is 10.9. The zero-order chi connectivity index (χ0) is 6.15. The van der Waals surface area contributed by atoms with Gasteiger partial charge in [-0.25, -0.2) is 0 Å². The van der Waals surface area contributed by atoms with Crippen molar-refractivity contribution in [2.45, 2.75) is 0 Å². The highest BCUT2D eigenvalue weighted by Gasteiger charge is 1.86. The van der Waals surface area contributed by atoms with E-state index in [1.807, 2.05) is 0 Å². The van der Waals surface area contributed by atoms with Crippen LogP contribution in [0.4, 0.5) is 0 Å². The minimum atomic E-state index is 0.296. The first kappa shape index (κ1) is 3.60. The molecule has 0 saturated heterocycles. The Bertz CT molecular complexity index is 177. The molecule has 0 unspecified atom stereocenters. The minimum absolute atomic E-state index is 0.296. The van der Waals surface area contributed by atoms with Gasteiger partial charge in [-0.2, -0.15) is 0 Å². The van der Waals surface area contributed by atoms with Crippen LogP contribution in [0.25, 0.3) is 0 Å². The molecule has 3 nitrogen and oxygen atoms in total. The van der Waals surface area contributed by atoms with Crippen LogP contribution in [0.2, 0.25) is 0 Å². The Hall–Kier alpha value is -0.380. The monoisotopic (exact) mass is 162 g/mol. The van der Waals surface area contributed by atoms with Gasteiger partial charge >= 0.3 is 0 Å². The van der Waals surface area contributed by atoms with E-state index in [1.165, 1.54) is 4.68 Å². The molecule has 1 rings (SSSR count). The third-order valence-corrected chi connectivity index (χ3v) is 0.857. The van der Waals surface area contributed by atoms with Crippen molar-refractivity contribution in [1.82, 2.24) is 15.0 Å². The van der Waals surface area contributed by atoms with Gasteiger partial charge in [0.05, 0.1) is 7.54 Å². The summed E-state index contributed by atoms with van der Waals surface area (Å²) in [6, 6.07) is 0. The summed E-state index contributed by atoms with van der Waals surface area (Å²) in [4.78, 5) is 0. The molecule has 0 aliphatic heterocycles. The van der Waals surface area contributed by atoms with Crippen molar-refractivity contribution in [1.29, 1.82) is 0 Å². The molecule has 0 aliphatic rings. The number of nitrogens with zero attached hydrogens (tertiary/aromatic N) is 3. The van der Waals surface area contributed by atoms with E-state index in [4.69, 9.17) is 1.37 Å². The summed E-state index contributed by atoms with van der Waals surface area (Å²) in [6.07, 6.45) is 0.296. The Morgan fingerprint density at radius 1 is 2.14 bits per heavy atom. The van der Waals surface area contributed by atoms with Crippen LogP contribution in [-0.4, -0.2) is 15.0 Å². The molecule has 0 radical (unpaired) electrons. The third kappa shape index (κ3) is 0.991. The molecule has 0 aromatic carbocycles. The van der Waals surface area contributed by atoms with Gasteiger partial charge < -0.3 is 0 Å². The summed E-state index contributed by atoms with van der Waals surface area (Å²) in [5.41, 5.74) is 0. The number of aromatic nitrogens is 3. The van der Waals surface area contributed by atoms with Gasteiger partial charge in [0.1, 0.15) is 4.60 Å². The Morgan fingerprint density at radius 3 is 3.00 bits per heavy atom. The fraction of sp³-hybridized carbons (Fsp3) is 0.333. The number of aryl methyl sites for hydroxylation is 1. The van der Waals surface area contributed by atoms with Gasteiger partial charge in [-0.1, -0.05) is 5.21 Å². The van der Waals surface area contributed by atoms with E-state index >= 15 is 0 Å². The highest BCUT2D eigenvalue weighted by Crippen LogP contribution is 1.98. The Balaban J connectivity index is 3.19. The van der Waals surface area contributed by atoms with Gasteiger partial charge in [-0.05, 0) is 15.9 Å². The van der Waals surface area contributed by atoms with Crippen molar-refractivity contribution in [3.63, 3.8) is 0 Å². The molecular weight excluding hydrogens is 158 g/mol. The average molecular weight is 163 g/mol. The van der Waals surface area contributed by atoms with Crippen molar-refractivity contribution in [2.75, 3.05) is 0 Å². The predicted molar refractivity (Wildman–Crippen MR) is 28.7 cm³/mol. The largest absolute Gasteiger partial charge is 0.254 e. The summed E-state index contributed by atoms with van der Waals surface area (Å²) >= 11 is 3.03. The quantitative estimate of drug-likeness (QED) is 0.559. The zero-order valence-electron chi connectivity index (χ0n) is 4.72. The summed E-state index contributed by atoms with van der Waals surface area (Å²) in [5.74, 6) is 0. The molecule has 4 heteroatoms. The van der Waals surface area contributed by atoms with Gasteiger partial charge in [0.25, 0.3) is 0 Å². The number of hydrogen-bond donors (Lipinski definition) is 0. The van der Waals surface area contributed by atoms with Crippen molar-refractivity contribution in [3.05, 3.63) is 10.8 Å². The third-order valence-electron chi connectivity index (χ3n) is 0.521. The molecule has 0 atom stereocenters. The van der Waals surface area contributed by atoms with Crippen LogP contribution in [-0.2, 0) is 7.05 Å². The zero-order valence-corrected chi connectivity index (χ0v) is 5.31. The van der Waals surface area contributed by atoms with Crippen molar-refractivity contribution < 1.29 is 1.37 Å². The molecule has 0 fully saturated rings.